The summed E-state index contributed by atoms with van der Waals surface area (Å²) in [5, 5.41) is 0. The highest BCUT2D eigenvalue weighted by Gasteiger charge is 2.25. The molecule has 0 unspecified atom stereocenters. The molecule has 0 aromatic carbocycles. The minimum Gasteiger partial charge on any atom is -0.375 e. The van der Waals surface area contributed by atoms with E-state index in [0.717, 1.165) is 32.0 Å². The zero-order chi connectivity index (χ0) is 12.1. The molecular formula is C12H18N3O2+. The number of carbonyl (C=O) groups is 1. The van der Waals surface area contributed by atoms with Gasteiger partial charge in [-0.2, -0.15) is 0 Å². The Bertz CT molecular complexity index is 361. The van der Waals surface area contributed by atoms with Crippen LogP contribution in [0.4, 0.5) is 5.82 Å². The molecule has 17 heavy (non-hydrogen) atoms. The predicted molar refractivity (Wildman–Crippen MR) is 63.7 cm³/mol. The second-order valence-electron chi connectivity index (χ2n) is 4.05. The Morgan fingerprint density at radius 3 is 2.71 bits per heavy atom. The molecule has 1 aromatic rings. The van der Waals surface area contributed by atoms with Crippen LogP contribution in [0.2, 0.25) is 0 Å². The summed E-state index contributed by atoms with van der Waals surface area (Å²) >= 11 is 0. The zero-order valence-electron chi connectivity index (χ0n) is 10.1. The highest BCUT2D eigenvalue weighted by molar-refractivity contribution is 5.77. The molecule has 1 aliphatic rings. The minimum absolute atomic E-state index is 0.0733. The Kier molecular flexibility index (Phi) is 3.93. The van der Waals surface area contributed by atoms with E-state index in [1.165, 1.54) is 0 Å². The fourth-order valence-electron chi connectivity index (χ4n) is 1.99. The Morgan fingerprint density at radius 1 is 1.35 bits per heavy atom. The van der Waals surface area contributed by atoms with Gasteiger partial charge >= 0.3 is 0 Å². The van der Waals surface area contributed by atoms with E-state index in [4.69, 9.17) is 4.74 Å². The van der Waals surface area contributed by atoms with Crippen molar-refractivity contribution < 1.29 is 14.5 Å². The molecule has 0 saturated carbocycles. The lowest BCUT2D eigenvalue weighted by atomic mass is 10.3. The van der Waals surface area contributed by atoms with Crippen molar-refractivity contribution in [1.82, 2.24) is 4.90 Å². The third kappa shape index (κ3) is 2.94. The third-order valence-electron chi connectivity index (χ3n) is 2.93. The molecule has 1 aromatic heterocycles. The summed E-state index contributed by atoms with van der Waals surface area (Å²) in [7, 11) is 1.55. The molecule has 1 amide bonds. The van der Waals surface area contributed by atoms with E-state index in [1.807, 2.05) is 29.3 Å². The molecule has 1 N–H and O–H groups in total. The number of amides is 1. The van der Waals surface area contributed by atoms with Crippen LogP contribution in [0, 0.1) is 0 Å². The smallest absolute Gasteiger partial charge is 0.274 e. The summed E-state index contributed by atoms with van der Waals surface area (Å²) in [6, 6.07) is 6.02. The molecule has 5 nitrogen and oxygen atoms in total. The molecule has 5 heteroatoms. The Hall–Kier alpha value is -1.62. The molecule has 0 spiro atoms. The van der Waals surface area contributed by atoms with Gasteiger partial charge in [-0.25, -0.2) is 4.98 Å². The number of aromatic nitrogens is 1. The van der Waals surface area contributed by atoms with Gasteiger partial charge in [0.15, 0.2) is 0 Å². The second kappa shape index (κ2) is 5.63. The van der Waals surface area contributed by atoms with Crippen molar-refractivity contribution >= 4 is 11.7 Å². The van der Waals surface area contributed by atoms with Crippen LogP contribution in [0.1, 0.15) is 0 Å². The summed E-state index contributed by atoms with van der Waals surface area (Å²) < 4.78 is 4.86. The molecule has 1 fully saturated rings. The summed E-state index contributed by atoms with van der Waals surface area (Å²) in [6.07, 6.45) is 1.91. The van der Waals surface area contributed by atoms with Crippen LogP contribution in [-0.2, 0) is 9.53 Å². The predicted octanol–water partition coefficient (Wildman–Crippen LogP) is -0.204. The van der Waals surface area contributed by atoms with Crippen molar-refractivity contribution in [2.24, 2.45) is 0 Å². The fourth-order valence-corrected chi connectivity index (χ4v) is 1.99. The van der Waals surface area contributed by atoms with Gasteiger partial charge < -0.3 is 9.64 Å². The molecule has 1 saturated heterocycles. The number of hydrogen-bond acceptors (Lipinski definition) is 3. The standard InChI is InChI=1S/C12H17N3O2/c1-17-10-12(16)15-8-6-14(7-9-15)11-4-2-3-5-13-11/h2-5H,6-10H2,1H3/p+1. The van der Waals surface area contributed by atoms with Crippen LogP contribution in [0.15, 0.2) is 24.4 Å². The Balaban J connectivity index is 1.88. The normalized spacial score (nSPS) is 16.1. The lowest BCUT2D eigenvalue weighted by Gasteiger charge is -2.30. The number of nitrogens with one attached hydrogen (secondary N) is 1. The first-order valence-corrected chi connectivity index (χ1v) is 5.79. The largest absolute Gasteiger partial charge is 0.375 e. The Labute approximate surface area is 101 Å². The molecule has 0 aliphatic carbocycles. The van der Waals surface area contributed by atoms with E-state index in [0.29, 0.717) is 0 Å². The monoisotopic (exact) mass is 236 g/mol. The maximum atomic E-state index is 11.6. The molecule has 0 atom stereocenters. The van der Waals surface area contributed by atoms with E-state index < -0.39 is 0 Å². The summed E-state index contributed by atoms with van der Waals surface area (Å²) in [5.41, 5.74) is 0. The van der Waals surface area contributed by atoms with Crippen LogP contribution < -0.4 is 9.88 Å². The van der Waals surface area contributed by atoms with E-state index in [2.05, 4.69) is 9.88 Å². The molecule has 92 valence electrons. The van der Waals surface area contributed by atoms with Crippen molar-refractivity contribution in [3.8, 4) is 0 Å². The van der Waals surface area contributed by atoms with E-state index in [-0.39, 0.29) is 12.5 Å². The van der Waals surface area contributed by atoms with E-state index in [1.54, 1.807) is 7.11 Å². The van der Waals surface area contributed by atoms with Crippen molar-refractivity contribution in [2.75, 3.05) is 44.8 Å². The van der Waals surface area contributed by atoms with Crippen LogP contribution in [0.3, 0.4) is 0 Å². The number of nitrogens with zero attached hydrogens (tertiary/aromatic N) is 2. The SMILES string of the molecule is COCC(=O)N1CCN(c2cccc[nH+]2)CC1. The number of methoxy groups -OCH3 is 1. The molecule has 1 aliphatic heterocycles. The van der Waals surface area contributed by atoms with Gasteiger partial charge in [0.05, 0.1) is 19.3 Å². The number of pyridine rings is 1. The molecule has 2 heterocycles. The van der Waals surface area contributed by atoms with Gasteiger partial charge in [0, 0.05) is 13.2 Å². The van der Waals surface area contributed by atoms with Crippen LogP contribution >= 0.6 is 0 Å². The van der Waals surface area contributed by atoms with Gasteiger partial charge in [0.2, 0.25) is 5.91 Å². The number of anilines is 1. The molecule has 2 rings (SSSR count). The number of ether oxygens (including phenoxy) is 1. The Morgan fingerprint density at radius 2 is 2.12 bits per heavy atom. The minimum atomic E-state index is 0.0733. The average molecular weight is 236 g/mol. The average Bonchev–Trinajstić information content (AvgIpc) is 2.40. The van der Waals surface area contributed by atoms with Gasteiger partial charge in [0.25, 0.3) is 5.82 Å². The second-order valence-corrected chi connectivity index (χ2v) is 4.05. The quantitative estimate of drug-likeness (QED) is 0.730. The summed E-state index contributed by atoms with van der Waals surface area (Å²) in [4.78, 5) is 18.9. The van der Waals surface area contributed by atoms with Gasteiger partial charge in [0.1, 0.15) is 19.7 Å². The number of H-pyrrole nitrogens is 1. The van der Waals surface area contributed by atoms with E-state index >= 15 is 0 Å². The number of hydrogen-bond donors (Lipinski definition) is 0. The third-order valence-corrected chi connectivity index (χ3v) is 2.93. The van der Waals surface area contributed by atoms with Crippen LogP contribution in [0.25, 0.3) is 0 Å². The van der Waals surface area contributed by atoms with Crippen molar-refractivity contribution in [1.29, 1.82) is 0 Å². The molecular weight excluding hydrogens is 218 g/mol. The summed E-state index contributed by atoms with van der Waals surface area (Å²) in [6.45, 7) is 3.40. The van der Waals surface area contributed by atoms with Crippen molar-refractivity contribution in [3.05, 3.63) is 24.4 Å². The molecule has 0 radical (unpaired) electrons. The van der Waals surface area contributed by atoms with Gasteiger partial charge in [-0.1, -0.05) is 6.07 Å². The molecule has 0 bridgehead atoms. The maximum Gasteiger partial charge on any atom is 0.274 e. The first-order valence-electron chi connectivity index (χ1n) is 5.79. The number of piperazine rings is 1. The fraction of sp³-hybridized carbons (Fsp3) is 0.500. The number of aromatic amines is 1. The first-order chi connectivity index (χ1) is 8.31. The number of carbonyl (C=O) groups excluding carboxylic acids is 1. The lowest BCUT2D eigenvalue weighted by molar-refractivity contribution is -0.364. The van der Waals surface area contributed by atoms with Crippen molar-refractivity contribution in [3.63, 3.8) is 0 Å². The van der Waals surface area contributed by atoms with Gasteiger partial charge in [-0.05, 0) is 6.07 Å². The zero-order valence-corrected chi connectivity index (χ0v) is 10.1. The van der Waals surface area contributed by atoms with Crippen LogP contribution in [-0.4, -0.2) is 50.7 Å². The first kappa shape index (κ1) is 11.9. The highest BCUT2D eigenvalue weighted by atomic mass is 16.5. The van der Waals surface area contributed by atoms with Gasteiger partial charge in [-0.3, -0.25) is 9.69 Å². The van der Waals surface area contributed by atoms with Gasteiger partial charge in [-0.15, -0.1) is 0 Å². The summed E-state index contributed by atoms with van der Waals surface area (Å²) in [5.74, 6) is 1.18. The topological polar surface area (TPSA) is 46.9 Å². The maximum absolute atomic E-state index is 11.6. The van der Waals surface area contributed by atoms with Crippen LogP contribution in [0.5, 0.6) is 0 Å². The van der Waals surface area contributed by atoms with Crippen molar-refractivity contribution in [2.45, 2.75) is 0 Å². The lowest BCUT2D eigenvalue weighted by Crippen LogP contribution is -2.50. The number of rotatable bonds is 3. The van der Waals surface area contributed by atoms with E-state index in [9.17, 15) is 4.79 Å². The highest BCUT2D eigenvalue weighted by Crippen LogP contribution is 2.09.